The summed E-state index contributed by atoms with van der Waals surface area (Å²) in [5, 5.41) is 6.85. The van der Waals surface area contributed by atoms with Crippen LogP contribution in [0.25, 0.3) is 122 Å². The van der Waals surface area contributed by atoms with Crippen LogP contribution in [0, 0.1) is 0 Å². The number of anilines is 8. The van der Waals surface area contributed by atoms with E-state index >= 15 is 0 Å². The summed E-state index contributed by atoms with van der Waals surface area (Å²) in [5.41, 5.74) is 31.5. The predicted molar refractivity (Wildman–Crippen MR) is 516 cm³/mol. The van der Waals surface area contributed by atoms with E-state index in [1.807, 2.05) is 0 Å². The molecule has 124 heavy (non-hydrogen) atoms. The molecule has 0 bridgehead atoms. The molecule has 4 aliphatic heterocycles. The van der Waals surface area contributed by atoms with Crippen LogP contribution in [0.1, 0.15) is 180 Å². The number of aromatic nitrogens is 4. The maximum Gasteiger partial charge on any atom is 0.0716 e. The lowest BCUT2D eigenvalue weighted by molar-refractivity contribution is 0.195. The largest absolute Gasteiger partial charge is 0.334 e. The van der Waals surface area contributed by atoms with Gasteiger partial charge < -0.3 is 19.6 Å². The van der Waals surface area contributed by atoms with Crippen LogP contribution >= 0.6 is 0 Å². The molecule has 610 valence electrons. The Labute approximate surface area is 730 Å². The van der Waals surface area contributed by atoms with E-state index in [-0.39, 0.29) is 43.8 Å². The first-order chi connectivity index (χ1) is 60.4. The molecule has 8 atom stereocenters. The number of nitrogens with zero attached hydrogens (tertiary/aromatic N) is 8. The summed E-state index contributed by atoms with van der Waals surface area (Å²) < 4.78 is 0. The Hall–Kier alpha value is -12.5. The van der Waals surface area contributed by atoms with Gasteiger partial charge >= 0.3 is 0 Å². The molecular formula is C116H106N8. The molecule has 0 N–H and O–H groups in total. The zero-order valence-electron chi connectivity index (χ0n) is 72.8. The molecule has 0 radical (unpaired) electrons. The minimum Gasteiger partial charge on any atom is -0.334 e. The van der Waals surface area contributed by atoms with Gasteiger partial charge in [-0.1, -0.05) is 225 Å². The van der Waals surface area contributed by atoms with E-state index in [2.05, 4.69) is 378 Å². The highest BCUT2D eigenvalue weighted by atomic mass is 15.3. The van der Waals surface area contributed by atoms with E-state index in [9.17, 15) is 0 Å². The molecule has 16 aromatic rings. The van der Waals surface area contributed by atoms with Gasteiger partial charge in [0.2, 0.25) is 0 Å². The van der Waals surface area contributed by atoms with E-state index in [0.717, 1.165) is 163 Å². The predicted octanol–water partition coefficient (Wildman–Crippen LogP) is 30.5. The quantitative estimate of drug-likeness (QED) is 0.112. The van der Waals surface area contributed by atoms with Crippen molar-refractivity contribution in [3.8, 4) is 90.1 Å². The second-order valence-electron chi connectivity index (χ2n) is 39.5. The van der Waals surface area contributed by atoms with Crippen LogP contribution in [0.15, 0.2) is 303 Å². The molecule has 0 spiro atoms. The fourth-order valence-electron chi connectivity index (χ4n) is 26.3. The van der Waals surface area contributed by atoms with Crippen LogP contribution < -0.4 is 19.6 Å². The highest BCUT2D eigenvalue weighted by Crippen LogP contribution is 2.67. The normalized spacial score (nSPS) is 25.3. The van der Waals surface area contributed by atoms with Gasteiger partial charge in [0.1, 0.15) is 0 Å². The van der Waals surface area contributed by atoms with Gasteiger partial charge in [-0.05, 0) is 291 Å². The fraction of sp³-hybridized carbons (Fsp3) is 0.276. The number of benzene rings is 12. The number of hydrogen-bond donors (Lipinski definition) is 0. The second kappa shape index (κ2) is 27.5. The van der Waals surface area contributed by atoms with E-state index < -0.39 is 0 Å². The van der Waals surface area contributed by atoms with Gasteiger partial charge in [-0.25, -0.2) is 19.9 Å². The maximum atomic E-state index is 5.94. The van der Waals surface area contributed by atoms with Gasteiger partial charge in [0.05, 0.1) is 67.7 Å². The van der Waals surface area contributed by atoms with E-state index in [0.29, 0.717) is 0 Å². The van der Waals surface area contributed by atoms with Crippen molar-refractivity contribution in [2.24, 2.45) is 0 Å². The average Bonchev–Trinajstić information content (AvgIpc) is 1.38. The molecule has 12 aromatic carbocycles. The second-order valence-corrected chi connectivity index (χ2v) is 39.5. The third-order valence-electron chi connectivity index (χ3n) is 33.7. The Kier molecular flexibility index (Phi) is 16.7. The Bertz CT molecular complexity index is 6200. The van der Waals surface area contributed by atoms with Crippen LogP contribution in [0.4, 0.5) is 45.5 Å². The van der Waals surface area contributed by atoms with Crippen LogP contribution in [-0.4, -0.2) is 42.1 Å². The average molecular weight is 1610 g/mol. The van der Waals surface area contributed by atoms with Gasteiger partial charge in [0.25, 0.3) is 0 Å². The minimum absolute atomic E-state index is 0.0694. The van der Waals surface area contributed by atoms with Crippen molar-refractivity contribution < 1.29 is 0 Å². The van der Waals surface area contributed by atoms with Gasteiger partial charge in [0, 0.05) is 112 Å². The van der Waals surface area contributed by atoms with Crippen molar-refractivity contribution >= 4 is 77.8 Å². The van der Waals surface area contributed by atoms with E-state index in [1.54, 1.807) is 0 Å². The molecule has 8 unspecified atom stereocenters. The Morgan fingerprint density at radius 1 is 0.202 bits per heavy atom. The molecule has 8 nitrogen and oxygen atoms in total. The van der Waals surface area contributed by atoms with Crippen molar-refractivity contribution in [2.75, 3.05) is 19.6 Å². The molecular weight excluding hydrogens is 1510 g/mol. The first-order valence-electron chi connectivity index (χ1n) is 46.1. The highest BCUT2D eigenvalue weighted by Gasteiger charge is 2.62. The van der Waals surface area contributed by atoms with Gasteiger partial charge in [-0.3, -0.25) is 0 Å². The third-order valence-corrected chi connectivity index (χ3v) is 33.7. The Balaban J connectivity index is 0.719. The van der Waals surface area contributed by atoms with Crippen LogP contribution in [0.2, 0.25) is 0 Å². The number of para-hydroxylation sites is 4. The van der Waals surface area contributed by atoms with Gasteiger partial charge in [-0.15, -0.1) is 0 Å². The van der Waals surface area contributed by atoms with Crippen molar-refractivity contribution in [3.05, 3.63) is 326 Å². The van der Waals surface area contributed by atoms with Crippen LogP contribution in [0.5, 0.6) is 0 Å². The molecule has 0 saturated heterocycles. The van der Waals surface area contributed by atoms with Crippen LogP contribution in [0.3, 0.4) is 0 Å². The lowest BCUT2D eigenvalue weighted by atomic mass is 9.61. The SMILES string of the molecule is CC12CCCCC1(C)N(c1ccccc1)c1ccc(-c3cccc(-c4cc(-c5cccc(-c6ccc7c(c6)C6(C)CCCCC6(C)N7c6ccccc6)n5)c5ccc6c(-c7cccc(-c8ccc9c(c8)C8(C)CCCCC8(C)N9c8ccccc8)n7)cc(-c7cccc(-c8ccc9c(c8)C8(C)CCCCC8(C)N9c8ccccc8)n7)c7ccc4c5c76)n3)cc12. The monoisotopic (exact) mass is 1610 g/mol. The first kappa shape index (κ1) is 75.2. The summed E-state index contributed by atoms with van der Waals surface area (Å²) in [5.74, 6) is 0. The summed E-state index contributed by atoms with van der Waals surface area (Å²) in [7, 11) is 0. The first-order valence-corrected chi connectivity index (χ1v) is 46.1. The Morgan fingerprint density at radius 3 is 0.637 bits per heavy atom. The molecule has 4 saturated carbocycles. The molecule has 8 heterocycles. The van der Waals surface area contributed by atoms with Gasteiger partial charge in [0.15, 0.2) is 0 Å². The molecule has 4 fully saturated rings. The number of fused-ring (bicyclic) bond motifs is 12. The number of hydrogen-bond acceptors (Lipinski definition) is 8. The molecule has 8 aliphatic rings. The summed E-state index contributed by atoms with van der Waals surface area (Å²) >= 11 is 0. The number of pyridine rings is 4. The smallest absolute Gasteiger partial charge is 0.0716 e. The molecule has 4 aromatic heterocycles. The lowest BCUT2D eigenvalue weighted by Gasteiger charge is -2.50. The maximum absolute atomic E-state index is 5.94. The zero-order valence-corrected chi connectivity index (χ0v) is 72.8. The van der Waals surface area contributed by atoms with Crippen molar-refractivity contribution in [1.82, 2.24) is 19.9 Å². The van der Waals surface area contributed by atoms with Gasteiger partial charge in [-0.2, -0.15) is 0 Å². The summed E-state index contributed by atoms with van der Waals surface area (Å²) in [6, 6.07) is 115. The molecule has 4 aliphatic carbocycles. The number of rotatable bonds is 12. The van der Waals surface area contributed by atoms with Crippen molar-refractivity contribution in [1.29, 1.82) is 0 Å². The summed E-state index contributed by atoms with van der Waals surface area (Å²) in [6.45, 7) is 20.3. The van der Waals surface area contributed by atoms with E-state index in [4.69, 9.17) is 19.9 Å². The third kappa shape index (κ3) is 10.5. The van der Waals surface area contributed by atoms with Crippen molar-refractivity contribution in [3.63, 3.8) is 0 Å². The van der Waals surface area contributed by atoms with Crippen LogP contribution in [-0.2, 0) is 21.7 Å². The molecule has 0 amide bonds. The summed E-state index contributed by atoms with van der Waals surface area (Å²) in [4.78, 5) is 34.4. The molecule has 24 rings (SSSR count). The fourth-order valence-corrected chi connectivity index (χ4v) is 26.3. The standard InChI is InChI=1S/C116H106N8/c1-109-61-21-25-65-113(109,5)121(79-33-13-9-14-34-79)103-57-49-75(69-91(103)109)95-41-29-45-99(117-95)87-73-88(100-46-30-42-96(118-100)76-50-58-104-92(70-76)110(2)62-22-26-66-114(110,6)122(104)80-35-15-10-16-36-80)84-55-56-86-90(102-48-32-44-98(120-102)78-52-60-106-94(72-78)112(4)64-24-28-68-116(112,8)124(106)82-39-19-12-20-40-82)74-89(85-54-53-83(87)107(84)108(85)86)101-47-31-43-97(119-101)77-51-59-105-93(71-77)111(3)63-23-27-67-115(111,7)123(105)81-37-17-11-18-38-81/h9-20,29-60,69-74H,21-28,61-68H2,1-8H3. The van der Waals surface area contributed by atoms with E-state index in [1.165, 1.54) is 130 Å². The molecule has 8 heteroatoms. The zero-order chi connectivity index (χ0) is 83.4. The lowest BCUT2D eigenvalue weighted by Crippen LogP contribution is -2.54. The summed E-state index contributed by atoms with van der Waals surface area (Å²) in [6.07, 6.45) is 18.8. The van der Waals surface area contributed by atoms with Crippen molar-refractivity contribution in [2.45, 2.75) is 202 Å². The Morgan fingerprint density at radius 2 is 0.411 bits per heavy atom. The minimum atomic E-state index is -0.0863. The topological polar surface area (TPSA) is 64.5 Å². The highest BCUT2D eigenvalue weighted by molar-refractivity contribution is 6.32.